The highest BCUT2D eigenvalue weighted by molar-refractivity contribution is 8.23. The van der Waals surface area contributed by atoms with E-state index in [2.05, 4.69) is 6.07 Å². The molecule has 4 heteroatoms. The van der Waals surface area contributed by atoms with E-state index in [-0.39, 0.29) is 5.82 Å². The summed E-state index contributed by atoms with van der Waals surface area (Å²) in [6.07, 6.45) is 0. The van der Waals surface area contributed by atoms with Crippen molar-refractivity contribution in [3.8, 4) is 6.07 Å². The molecule has 0 unspecified atom stereocenters. The Labute approximate surface area is 121 Å². The number of nitriles is 1. The molecule has 0 aliphatic rings. The number of hydrogen-bond acceptors (Lipinski definition) is 3. The molecule has 19 heavy (non-hydrogen) atoms. The van der Waals surface area contributed by atoms with Crippen molar-refractivity contribution < 1.29 is 4.39 Å². The first-order valence-electron chi connectivity index (χ1n) is 5.61. The van der Waals surface area contributed by atoms with Crippen molar-refractivity contribution in [1.82, 2.24) is 0 Å². The van der Waals surface area contributed by atoms with Crippen LogP contribution in [0.1, 0.15) is 16.7 Å². The van der Waals surface area contributed by atoms with E-state index >= 15 is 0 Å². The van der Waals surface area contributed by atoms with Gasteiger partial charge in [0.1, 0.15) is 5.82 Å². The molecule has 0 aromatic heterocycles. The quantitative estimate of drug-likeness (QED) is 0.786. The zero-order chi connectivity index (χ0) is 13.7. The summed E-state index contributed by atoms with van der Waals surface area (Å²) in [5, 5.41) is 9.00. The Kier molecular flexibility index (Phi) is 4.67. The molecule has 0 atom stereocenters. The van der Waals surface area contributed by atoms with E-state index in [0.29, 0.717) is 15.5 Å². The van der Waals surface area contributed by atoms with E-state index in [4.69, 9.17) is 17.5 Å². The molecular formula is C15H10FNS2. The molecule has 0 spiro atoms. The Bertz CT molecular complexity index is 629. The van der Waals surface area contributed by atoms with Crippen LogP contribution in [0.25, 0.3) is 0 Å². The highest BCUT2D eigenvalue weighted by Gasteiger charge is 2.05. The molecular weight excluding hydrogens is 277 g/mol. The molecule has 94 valence electrons. The molecule has 2 aromatic carbocycles. The van der Waals surface area contributed by atoms with Crippen LogP contribution < -0.4 is 0 Å². The molecule has 0 N–H and O–H groups in total. The summed E-state index contributed by atoms with van der Waals surface area (Å²) in [4.78, 5) is 0. The topological polar surface area (TPSA) is 23.8 Å². The highest BCUT2D eigenvalue weighted by atomic mass is 32.2. The maximum atomic E-state index is 12.8. The lowest BCUT2D eigenvalue weighted by molar-refractivity contribution is 0.628. The maximum Gasteiger partial charge on any atom is 0.123 e. The van der Waals surface area contributed by atoms with Crippen LogP contribution in [0.15, 0.2) is 48.5 Å². The van der Waals surface area contributed by atoms with Crippen LogP contribution >= 0.6 is 24.0 Å². The Balaban J connectivity index is 2.05. The summed E-state index contributed by atoms with van der Waals surface area (Å²) in [7, 11) is 0. The van der Waals surface area contributed by atoms with Crippen LogP contribution in [-0.2, 0) is 5.75 Å². The largest absolute Gasteiger partial charge is 0.207 e. The Morgan fingerprint density at radius 2 is 1.84 bits per heavy atom. The number of halogens is 1. The average Bonchev–Trinajstić information content (AvgIpc) is 2.45. The Morgan fingerprint density at radius 3 is 2.53 bits per heavy atom. The number of hydrogen-bond donors (Lipinski definition) is 0. The van der Waals surface area contributed by atoms with Gasteiger partial charge in [0.05, 0.1) is 15.8 Å². The van der Waals surface area contributed by atoms with Crippen LogP contribution in [0.3, 0.4) is 0 Å². The molecule has 0 aliphatic heterocycles. The van der Waals surface area contributed by atoms with E-state index in [9.17, 15) is 4.39 Å². The van der Waals surface area contributed by atoms with Gasteiger partial charge in [-0.25, -0.2) is 4.39 Å². The van der Waals surface area contributed by atoms with Crippen molar-refractivity contribution in [2.75, 3.05) is 0 Å². The fourth-order valence-corrected chi connectivity index (χ4v) is 2.72. The first kappa shape index (κ1) is 13.7. The van der Waals surface area contributed by atoms with Crippen molar-refractivity contribution in [2.45, 2.75) is 5.75 Å². The minimum absolute atomic E-state index is 0.272. The third kappa shape index (κ3) is 3.63. The van der Waals surface area contributed by atoms with Gasteiger partial charge in [-0.2, -0.15) is 5.26 Å². The van der Waals surface area contributed by atoms with Crippen LogP contribution in [0.2, 0.25) is 0 Å². The van der Waals surface area contributed by atoms with Gasteiger partial charge in [0.25, 0.3) is 0 Å². The van der Waals surface area contributed by atoms with Crippen molar-refractivity contribution in [3.05, 3.63) is 71.0 Å². The van der Waals surface area contributed by atoms with Crippen molar-refractivity contribution >= 4 is 28.2 Å². The summed E-state index contributed by atoms with van der Waals surface area (Å²) in [6, 6.07) is 15.7. The van der Waals surface area contributed by atoms with E-state index in [0.717, 1.165) is 11.1 Å². The highest BCUT2D eigenvalue weighted by Crippen LogP contribution is 2.21. The third-order valence-electron chi connectivity index (χ3n) is 2.58. The van der Waals surface area contributed by atoms with Crippen LogP contribution in [-0.4, -0.2) is 4.20 Å². The summed E-state index contributed by atoms with van der Waals surface area (Å²) in [5.41, 5.74) is 2.45. The monoisotopic (exact) mass is 287 g/mol. The molecule has 2 rings (SSSR count). The summed E-state index contributed by atoms with van der Waals surface area (Å²) in [5.74, 6) is 0.367. The lowest BCUT2D eigenvalue weighted by Gasteiger charge is -2.05. The predicted octanol–water partition coefficient (Wildman–Crippen LogP) is 4.31. The first-order valence-corrected chi connectivity index (χ1v) is 7.01. The van der Waals surface area contributed by atoms with Crippen molar-refractivity contribution in [3.63, 3.8) is 0 Å². The molecule has 0 bridgehead atoms. The van der Waals surface area contributed by atoms with Crippen molar-refractivity contribution in [2.24, 2.45) is 0 Å². The van der Waals surface area contributed by atoms with Crippen LogP contribution in [0.5, 0.6) is 0 Å². The van der Waals surface area contributed by atoms with Crippen LogP contribution in [0.4, 0.5) is 4.39 Å². The molecule has 0 radical (unpaired) electrons. The van der Waals surface area contributed by atoms with E-state index in [1.165, 1.54) is 23.9 Å². The summed E-state index contributed by atoms with van der Waals surface area (Å²) >= 11 is 6.78. The summed E-state index contributed by atoms with van der Waals surface area (Å²) < 4.78 is 13.5. The lowest BCUT2D eigenvalue weighted by Crippen LogP contribution is -1.94. The number of benzene rings is 2. The number of rotatable bonds is 3. The lowest BCUT2D eigenvalue weighted by atomic mass is 10.1. The maximum absolute atomic E-state index is 12.8. The molecule has 0 aliphatic carbocycles. The summed E-state index contributed by atoms with van der Waals surface area (Å²) in [6.45, 7) is 0. The SMILES string of the molecule is N#Cc1ccccc1CSC(=S)c1ccc(F)cc1. The van der Waals surface area contributed by atoms with Gasteiger partial charge in [-0.05, 0) is 29.3 Å². The zero-order valence-electron chi connectivity index (χ0n) is 9.97. The van der Waals surface area contributed by atoms with E-state index < -0.39 is 0 Å². The second-order valence-electron chi connectivity index (χ2n) is 3.85. The normalized spacial score (nSPS) is 9.89. The smallest absolute Gasteiger partial charge is 0.123 e. The predicted molar refractivity (Wildman–Crippen MR) is 80.6 cm³/mol. The van der Waals surface area contributed by atoms with Gasteiger partial charge in [-0.3, -0.25) is 0 Å². The number of thioether (sulfide) groups is 1. The fraction of sp³-hybridized carbons (Fsp3) is 0.0667. The Hall–Kier alpha value is -1.70. The van der Waals surface area contributed by atoms with Gasteiger partial charge in [0, 0.05) is 5.75 Å². The van der Waals surface area contributed by atoms with Gasteiger partial charge < -0.3 is 0 Å². The molecule has 0 saturated heterocycles. The molecule has 2 aromatic rings. The molecule has 1 nitrogen and oxygen atoms in total. The van der Waals surface area contributed by atoms with Gasteiger partial charge in [0.15, 0.2) is 0 Å². The van der Waals surface area contributed by atoms with Gasteiger partial charge >= 0.3 is 0 Å². The molecule has 0 amide bonds. The average molecular weight is 287 g/mol. The molecule has 0 heterocycles. The second-order valence-corrected chi connectivity index (χ2v) is 5.50. The van der Waals surface area contributed by atoms with Crippen LogP contribution in [0, 0.1) is 17.1 Å². The third-order valence-corrected chi connectivity index (χ3v) is 4.12. The van der Waals surface area contributed by atoms with E-state index in [1.54, 1.807) is 18.2 Å². The standard InChI is InChI=1S/C15H10FNS2/c16-14-7-5-11(6-8-14)15(18)19-10-13-4-2-1-3-12(13)9-17/h1-8H,10H2. The van der Waals surface area contributed by atoms with E-state index in [1.807, 2.05) is 18.2 Å². The zero-order valence-corrected chi connectivity index (χ0v) is 11.6. The molecule has 0 saturated carbocycles. The number of thiocarbonyl (C=S) groups is 1. The van der Waals surface area contributed by atoms with Gasteiger partial charge in [-0.15, -0.1) is 11.8 Å². The Morgan fingerprint density at radius 1 is 1.16 bits per heavy atom. The minimum atomic E-state index is -0.272. The van der Waals surface area contributed by atoms with Gasteiger partial charge in [-0.1, -0.05) is 42.5 Å². The first-order chi connectivity index (χ1) is 9.20. The second kappa shape index (κ2) is 6.46. The molecule has 0 fully saturated rings. The van der Waals surface area contributed by atoms with Gasteiger partial charge in [0.2, 0.25) is 0 Å². The number of nitrogens with zero attached hydrogens (tertiary/aromatic N) is 1. The fourth-order valence-electron chi connectivity index (χ4n) is 1.57. The van der Waals surface area contributed by atoms with Crippen molar-refractivity contribution in [1.29, 1.82) is 5.26 Å². The minimum Gasteiger partial charge on any atom is -0.207 e.